The van der Waals surface area contributed by atoms with E-state index in [1.807, 2.05) is 6.07 Å². The molecule has 2 aromatic rings. The molecule has 2 rings (SSSR count). The minimum Gasteiger partial charge on any atom is -0.295 e. The zero-order chi connectivity index (χ0) is 10.8. The number of hydrogen-bond acceptors (Lipinski definition) is 3. The fourth-order valence-electron chi connectivity index (χ4n) is 1.33. The Hall–Kier alpha value is -1.29. The number of ketones is 1. The van der Waals surface area contributed by atoms with E-state index in [1.165, 1.54) is 0 Å². The molecule has 0 N–H and O–H groups in total. The number of hydrogen-bond donors (Lipinski definition) is 0. The van der Waals surface area contributed by atoms with E-state index in [9.17, 15) is 4.79 Å². The summed E-state index contributed by atoms with van der Waals surface area (Å²) in [7, 11) is 0. The van der Waals surface area contributed by atoms with Crippen molar-refractivity contribution in [1.29, 1.82) is 0 Å². The summed E-state index contributed by atoms with van der Waals surface area (Å²) in [5, 5.41) is 0.667. The predicted molar refractivity (Wildman–Crippen MR) is 62.2 cm³/mol. The second-order valence-corrected chi connectivity index (χ2v) is 3.82. The van der Waals surface area contributed by atoms with Crippen LogP contribution in [0.15, 0.2) is 24.4 Å². The van der Waals surface area contributed by atoms with Gasteiger partial charge < -0.3 is 0 Å². The third kappa shape index (κ3) is 2.04. The lowest BCUT2D eigenvalue weighted by Crippen LogP contribution is -1.95. The lowest BCUT2D eigenvalue weighted by molar-refractivity contribution is 0.101. The van der Waals surface area contributed by atoms with Gasteiger partial charge in [0.25, 0.3) is 0 Å². The summed E-state index contributed by atoms with van der Waals surface area (Å²) in [5.41, 5.74) is 3.11. The van der Waals surface area contributed by atoms with Crippen LogP contribution < -0.4 is 0 Å². The van der Waals surface area contributed by atoms with Crippen molar-refractivity contribution in [2.24, 2.45) is 0 Å². The number of benzene rings is 1. The Kier molecular flexibility index (Phi) is 2.77. The van der Waals surface area contributed by atoms with Crippen molar-refractivity contribution in [2.75, 3.05) is 0 Å². The highest BCUT2D eigenvalue weighted by molar-refractivity contribution is 9.08. The van der Waals surface area contributed by atoms with E-state index >= 15 is 0 Å². The fourth-order valence-corrected chi connectivity index (χ4v) is 1.60. The Labute approximate surface area is 95.7 Å². The van der Waals surface area contributed by atoms with Gasteiger partial charge in [-0.15, -0.1) is 0 Å². The monoisotopic (exact) mass is 264 g/mol. The van der Waals surface area contributed by atoms with Crippen molar-refractivity contribution in [2.45, 2.75) is 12.3 Å². The third-order valence-electron chi connectivity index (χ3n) is 2.14. The van der Waals surface area contributed by atoms with Crippen molar-refractivity contribution in [3.05, 3.63) is 35.7 Å². The van der Waals surface area contributed by atoms with Crippen LogP contribution in [-0.2, 0) is 5.33 Å². The summed E-state index contributed by atoms with van der Waals surface area (Å²) in [6.07, 6.45) is 1.73. The maximum atomic E-state index is 11.2. The quantitative estimate of drug-likeness (QED) is 0.619. The molecule has 0 saturated heterocycles. The molecule has 3 nitrogen and oxygen atoms in total. The fraction of sp³-hybridized carbons (Fsp3) is 0.182. The Morgan fingerprint density at radius 2 is 2.20 bits per heavy atom. The molecule has 0 fully saturated rings. The van der Waals surface area contributed by atoms with Gasteiger partial charge in [-0.05, 0) is 25.1 Å². The van der Waals surface area contributed by atoms with Crippen LogP contribution in [0.5, 0.6) is 0 Å². The average Bonchev–Trinajstić information content (AvgIpc) is 2.27. The van der Waals surface area contributed by atoms with Crippen LogP contribution in [0, 0.1) is 0 Å². The maximum absolute atomic E-state index is 11.2. The van der Waals surface area contributed by atoms with Crippen LogP contribution in [0.2, 0.25) is 0 Å². The van der Waals surface area contributed by atoms with Gasteiger partial charge in [-0.2, -0.15) is 0 Å². The Balaban J connectivity index is 2.62. The molecule has 1 aromatic carbocycles. The van der Waals surface area contributed by atoms with Crippen LogP contribution in [0.3, 0.4) is 0 Å². The van der Waals surface area contributed by atoms with Crippen LogP contribution in [0.25, 0.3) is 11.0 Å². The molecule has 0 saturated carbocycles. The van der Waals surface area contributed by atoms with Gasteiger partial charge in [0, 0.05) is 17.1 Å². The molecule has 0 spiro atoms. The van der Waals surface area contributed by atoms with Crippen molar-refractivity contribution in [1.82, 2.24) is 9.97 Å². The number of halogens is 1. The summed E-state index contributed by atoms with van der Waals surface area (Å²) < 4.78 is 0. The molecule has 1 heterocycles. The first kappa shape index (κ1) is 10.2. The minimum atomic E-state index is 0.0444. The standard InChI is InChI=1S/C11H9BrN2O/c1-7(15)8-2-3-10-11(4-8)14-9(5-12)6-13-10/h2-4,6H,5H2,1H3. The van der Waals surface area contributed by atoms with E-state index in [4.69, 9.17) is 0 Å². The summed E-state index contributed by atoms with van der Waals surface area (Å²) in [4.78, 5) is 19.8. The van der Waals surface area contributed by atoms with Gasteiger partial charge >= 0.3 is 0 Å². The number of alkyl halides is 1. The number of aromatic nitrogens is 2. The van der Waals surface area contributed by atoms with Gasteiger partial charge in [-0.3, -0.25) is 9.78 Å². The molecule has 0 amide bonds. The molecule has 0 bridgehead atoms. The Morgan fingerprint density at radius 1 is 1.40 bits per heavy atom. The Morgan fingerprint density at radius 3 is 2.87 bits per heavy atom. The minimum absolute atomic E-state index is 0.0444. The van der Waals surface area contributed by atoms with Crippen molar-refractivity contribution < 1.29 is 4.79 Å². The normalized spacial score (nSPS) is 10.5. The Bertz CT molecular complexity index is 525. The molecular weight excluding hydrogens is 256 g/mol. The molecule has 1 aromatic heterocycles. The van der Waals surface area contributed by atoms with E-state index in [2.05, 4.69) is 25.9 Å². The molecule has 76 valence electrons. The number of Topliss-reactive ketones (excluding diaryl/α,β-unsaturated/α-hetero) is 1. The highest BCUT2D eigenvalue weighted by atomic mass is 79.9. The zero-order valence-electron chi connectivity index (χ0n) is 8.20. The number of fused-ring (bicyclic) bond motifs is 1. The topological polar surface area (TPSA) is 42.9 Å². The predicted octanol–water partition coefficient (Wildman–Crippen LogP) is 2.73. The molecule has 15 heavy (non-hydrogen) atoms. The molecule has 0 atom stereocenters. The van der Waals surface area contributed by atoms with Gasteiger partial charge in [0.2, 0.25) is 0 Å². The van der Waals surface area contributed by atoms with E-state index in [1.54, 1.807) is 25.3 Å². The molecule has 0 aliphatic carbocycles. The largest absolute Gasteiger partial charge is 0.295 e. The SMILES string of the molecule is CC(=O)c1ccc2ncc(CBr)nc2c1. The van der Waals surface area contributed by atoms with E-state index in [-0.39, 0.29) is 5.78 Å². The maximum Gasteiger partial charge on any atom is 0.159 e. The number of carbonyl (C=O) groups excluding carboxylic acids is 1. The molecule has 0 unspecified atom stereocenters. The second-order valence-electron chi connectivity index (χ2n) is 3.25. The van der Waals surface area contributed by atoms with Gasteiger partial charge in [0.05, 0.1) is 16.7 Å². The summed E-state index contributed by atoms with van der Waals surface area (Å²) in [6.45, 7) is 1.54. The number of nitrogens with zero attached hydrogens (tertiary/aromatic N) is 2. The van der Waals surface area contributed by atoms with Gasteiger partial charge in [0.15, 0.2) is 5.78 Å². The summed E-state index contributed by atoms with van der Waals surface area (Å²) in [6, 6.07) is 5.36. The smallest absolute Gasteiger partial charge is 0.159 e. The van der Waals surface area contributed by atoms with Gasteiger partial charge in [0.1, 0.15) is 0 Å². The highest BCUT2D eigenvalue weighted by Crippen LogP contribution is 2.13. The van der Waals surface area contributed by atoms with E-state index in [0.717, 1.165) is 16.7 Å². The zero-order valence-corrected chi connectivity index (χ0v) is 9.78. The molecule has 0 aliphatic heterocycles. The van der Waals surface area contributed by atoms with Crippen LogP contribution >= 0.6 is 15.9 Å². The third-order valence-corrected chi connectivity index (χ3v) is 2.71. The van der Waals surface area contributed by atoms with Crippen LogP contribution in [0.1, 0.15) is 23.0 Å². The van der Waals surface area contributed by atoms with Crippen LogP contribution in [0.4, 0.5) is 0 Å². The number of carbonyl (C=O) groups is 1. The lowest BCUT2D eigenvalue weighted by Gasteiger charge is -2.00. The molecular formula is C11H9BrN2O. The van der Waals surface area contributed by atoms with Gasteiger partial charge in [-0.25, -0.2) is 4.98 Å². The van der Waals surface area contributed by atoms with Crippen molar-refractivity contribution in [3.8, 4) is 0 Å². The van der Waals surface area contributed by atoms with Crippen LogP contribution in [-0.4, -0.2) is 15.8 Å². The highest BCUT2D eigenvalue weighted by Gasteiger charge is 2.03. The van der Waals surface area contributed by atoms with Gasteiger partial charge in [-0.1, -0.05) is 15.9 Å². The first-order valence-corrected chi connectivity index (χ1v) is 5.65. The molecule has 0 radical (unpaired) electrons. The van der Waals surface area contributed by atoms with Crippen molar-refractivity contribution in [3.63, 3.8) is 0 Å². The first-order valence-electron chi connectivity index (χ1n) is 4.53. The van der Waals surface area contributed by atoms with E-state index < -0.39 is 0 Å². The average molecular weight is 265 g/mol. The molecule has 4 heteroatoms. The molecule has 0 aliphatic rings. The number of rotatable bonds is 2. The van der Waals surface area contributed by atoms with E-state index in [0.29, 0.717) is 10.9 Å². The summed E-state index contributed by atoms with van der Waals surface area (Å²) >= 11 is 3.32. The van der Waals surface area contributed by atoms with Crippen molar-refractivity contribution >= 4 is 32.7 Å². The lowest BCUT2D eigenvalue weighted by atomic mass is 10.1. The second kappa shape index (κ2) is 4.06. The summed E-state index contributed by atoms with van der Waals surface area (Å²) in [5.74, 6) is 0.0444. The first-order chi connectivity index (χ1) is 7.20.